The summed E-state index contributed by atoms with van der Waals surface area (Å²) in [6.45, 7) is 7.95. The molecular formula is C25H25NO6. The Morgan fingerprint density at radius 2 is 1.97 bits per heavy atom. The van der Waals surface area contributed by atoms with Crippen LogP contribution in [0.15, 0.2) is 58.3 Å². The quantitative estimate of drug-likeness (QED) is 0.544. The molecule has 1 aliphatic heterocycles. The Balaban J connectivity index is 1.92. The third-order valence-electron chi connectivity index (χ3n) is 5.40. The van der Waals surface area contributed by atoms with Crippen LogP contribution < -0.4 is 14.9 Å². The van der Waals surface area contributed by atoms with Crippen LogP contribution in [0.3, 0.4) is 0 Å². The summed E-state index contributed by atoms with van der Waals surface area (Å²) in [5.41, 5.74) is 1.96. The van der Waals surface area contributed by atoms with E-state index in [9.17, 15) is 14.7 Å². The zero-order valence-electron chi connectivity index (χ0n) is 18.1. The topological polar surface area (TPSA) is 89.2 Å². The van der Waals surface area contributed by atoms with E-state index in [1.165, 1.54) is 4.90 Å². The molecule has 1 atom stereocenters. The van der Waals surface area contributed by atoms with Gasteiger partial charge in [0, 0.05) is 6.54 Å². The van der Waals surface area contributed by atoms with Crippen LogP contribution in [0, 0.1) is 6.92 Å². The second-order valence-corrected chi connectivity index (χ2v) is 7.54. The van der Waals surface area contributed by atoms with Gasteiger partial charge in [0.25, 0.3) is 5.91 Å². The SMILES string of the molecule is C=CCOc1ccc(C2c3c(oc4ccc(C)cc4c3=O)C(=O)N2CCO)cc1OCC. The highest BCUT2D eigenvalue weighted by atomic mass is 16.5. The van der Waals surface area contributed by atoms with Gasteiger partial charge in [-0.3, -0.25) is 9.59 Å². The average molecular weight is 435 g/mol. The second-order valence-electron chi connectivity index (χ2n) is 7.54. The van der Waals surface area contributed by atoms with Gasteiger partial charge in [-0.25, -0.2) is 0 Å². The van der Waals surface area contributed by atoms with Crippen molar-refractivity contribution >= 4 is 16.9 Å². The van der Waals surface area contributed by atoms with Gasteiger partial charge in [0.15, 0.2) is 16.9 Å². The summed E-state index contributed by atoms with van der Waals surface area (Å²) in [5, 5.41) is 10.0. The van der Waals surface area contributed by atoms with Crippen molar-refractivity contribution in [3.63, 3.8) is 0 Å². The van der Waals surface area contributed by atoms with Crippen LogP contribution in [0.2, 0.25) is 0 Å². The highest BCUT2D eigenvalue weighted by molar-refractivity contribution is 5.99. The summed E-state index contributed by atoms with van der Waals surface area (Å²) < 4.78 is 17.3. The number of aliphatic hydroxyl groups is 1. The maximum Gasteiger partial charge on any atom is 0.290 e. The predicted octanol–water partition coefficient (Wildman–Crippen LogP) is 3.60. The third-order valence-corrected chi connectivity index (χ3v) is 5.40. The number of carbonyl (C=O) groups excluding carboxylic acids is 1. The van der Waals surface area contributed by atoms with E-state index in [1.807, 2.05) is 19.9 Å². The number of fused-ring (bicyclic) bond motifs is 2. The van der Waals surface area contributed by atoms with E-state index in [0.29, 0.717) is 41.2 Å². The number of carbonyl (C=O) groups is 1. The molecule has 1 aliphatic rings. The number of hydrogen-bond acceptors (Lipinski definition) is 6. The molecule has 0 saturated carbocycles. The number of nitrogens with zero attached hydrogens (tertiary/aromatic N) is 1. The van der Waals surface area contributed by atoms with Crippen LogP contribution in [0.4, 0.5) is 0 Å². The van der Waals surface area contributed by atoms with Gasteiger partial charge in [-0.15, -0.1) is 0 Å². The fourth-order valence-corrected chi connectivity index (χ4v) is 4.05. The molecule has 166 valence electrons. The number of amides is 1. The minimum Gasteiger partial charge on any atom is -0.490 e. The maximum absolute atomic E-state index is 13.5. The van der Waals surface area contributed by atoms with Gasteiger partial charge < -0.3 is 23.9 Å². The van der Waals surface area contributed by atoms with E-state index in [-0.39, 0.29) is 29.9 Å². The summed E-state index contributed by atoms with van der Waals surface area (Å²) in [7, 11) is 0. The van der Waals surface area contributed by atoms with E-state index < -0.39 is 11.9 Å². The maximum atomic E-state index is 13.5. The smallest absolute Gasteiger partial charge is 0.290 e. The molecule has 0 saturated heterocycles. The number of aliphatic hydroxyl groups excluding tert-OH is 1. The average Bonchev–Trinajstić information content (AvgIpc) is 3.06. The molecule has 0 bridgehead atoms. The molecule has 7 nitrogen and oxygen atoms in total. The molecule has 1 N–H and O–H groups in total. The van der Waals surface area contributed by atoms with E-state index in [4.69, 9.17) is 13.9 Å². The van der Waals surface area contributed by atoms with E-state index in [2.05, 4.69) is 6.58 Å². The Morgan fingerprint density at radius 3 is 2.69 bits per heavy atom. The highest BCUT2D eigenvalue weighted by Gasteiger charge is 2.42. The van der Waals surface area contributed by atoms with Crippen LogP contribution in [0.5, 0.6) is 11.5 Å². The molecular weight excluding hydrogens is 410 g/mol. The van der Waals surface area contributed by atoms with Crippen molar-refractivity contribution in [2.24, 2.45) is 0 Å². The number of β-amino-alcohol motifs (C(OH)–C–C–N with tert-alkyl or cyclic N) is 1. The lowest BCUT2D eigenvalue weighted by Crippen LogP contribution is -2.32. The summed E-state index contributed by atoms with van der Waals surface area (Å²) in [5.74, 6) is 0.617. The number of aryl methyl sites for hydroxylation is 1. The van der Waals surface area contributed by atoms with Crippen molar-refractivity contribution in [2.45, 2.75) is 19.9 Å². The molecule has 7 heteroatoms. The Hall–Kier alpha value is -3.58. The predicted molar refractivity (Wildman–Crippen MR) is 120 cm³/mol. The van der Waals surface area contributed by atoms with Gasteiger partial charge >= 0.3 is 0 Å². The monoisotopic (exact) mass is 435 g/mol. The Kier molecular flexibility index (Phi) is 6.01. The lowest BCUT2D eigenvalue weighted by atomic mass is 9.97. The molecule has 0 spiro atoms. The molecule has 4 rings (SSSR count). The van der Waals surface area contributed by atoms with E-state index >= 15 is 0 Å². The van der Waals surface area contributed by atoms with Gasteiger partial charge in [0.1, 0.15) is 12.2 Å². The lowest BCUT2D eigenvalue weighted by molar-refractivity contribution is 0.0691. The first kappa shape index (κ1) is 21.6. The summed E-state index contributed by atoms with van der Waals surface area (Å²) >= 11 is 0. The van der Waals surface area contributed by atoms with Crippen LogP contribution in [0.1, 0.15) is 40.2 Å². The van der Waals surface area contributed by atoms with Gasteiger partial charge in [0.05, 0.1) is 30.2 Å². The zero-order chi connectivity index (χ0) is 22.8. The van der Waals surface area contributed by atoms with Gasteiger partial charge in [-0.05, 0) is 43.7 Å². The number of hydrogen-bond donors (Lipinski definition) is 1. The second kappa shape index (κ2) is 8.88. The summed E-state index contributed by atoms with van der Waals surface area (Å²) in [6, 6.07) is 9.88. The molecule has 1 aromatic heterocycles. The molecule has 0 fully saturated rings. The first-order valence-corrected chi connectivity index (χ1v) is 10.5. The molecule has 32 heavy (non-hydrogen) atoms. The van der Waals surface area contributed by atoms with Crippen LogP contribution in [-0.4, -0.2) is 42.3 Å². The van der Waals surface area contributed by atoms with Crippen LogP contribution >= 0.6 is 0 Å². The molecule has 1 amide bonds. The van der Waals surface area contributed by atoms with Crippen molar-refractivity contribution in [3.05, 3.63) is 81.7 Å². The van der Waals surface area contributed by atoms with Gasteiger partial charge in [-0.2, -0.15) is 0 Å². The first-order chi connectivity index (χ1) is 15.5. The van der Waals surface area contributed by atoms with Crippen molar-refractivity contribution in [2.75, 3.05) is 26.4 Å². The molecule has 3 aromatic rings. The van der Waals surface area contributed by atoms with Crippen LogP contribution in [-0.2, 0) is 0 Å². The van der Waals surface area contributed by atoms with E-state index in [1.54, 1.807) is 36.4 Å². The fraction of sp³-hybridized carbons (Fsp3) is 0.280. The number of benzene rings is 2. The van der Waals surface area contributed by atoms with E-state index in [0.717, 1.165) is 5.56 Å². The van der Waals surface area contributed by atoms with Crippen molar-refractivity contribution in [1.82, 2.24) is 4.90 Å². The van der Waals surface area contributed by atoms with Gasteiger partial charge in [0.2, 0.25) is 5.76 Å². The fourth-order valence-electron chi connectivity index (χ4n) is 4.05. The van der Waals surface area contributed by atoms with Crippen molar-refractivity contribution in [3.8, 4) is 11.5 Å². The van der Waals surface area contributed by atoms with Crippen LogP contribution in [0.25, 0.3) is 11.0 Å². The molecule has 0 radical (unpaired) electrons. The minimum atomic E-state index is -0.710. The molecule has 1 unspecified atom stereocenters. The summed E-state index contributed by atoms with van der Waals surface area (Å²) in [4.78, 5) is 28.1. The lowest BCUT2D eigenvalue weighted by Gasteiger charge is -2.25. The zero-order valence-corrected chi connectivity index (χ0v) is 18.1. The molecule has 0 aliphatic carbocycles. The Bertz CT molecular complexity index is 1250. The number of ether oxygens (including phenoxy) is 2. The highest BCUT2D eigenvalue weighted by Crippen LogP contribution is 2.40. The largest absolute Gasteiger partial charge is 0.490 e. The standard InChI is InChI=1S/C25H25NO6/c1-4-12-31-19-9-7-16(14-20(19)30-5-2)22-21-23(28)17-13-15(3)6-8-18(17)32-24(21)25(29)26(22)10-11-27/h4,6-9,13-14,22,27H,1,5,10-12H2,2-3H3. The summed E-state index contributed by atoms with van der Waals surface area (Å²) in [6.07, 6.45) is 1.64. The number of rotatable bonds is 8. The normalized spacial score (nSPS) is 15.2. The Labute approximate surface area is 185 Å². The third kappa shape index (κ3) is 3.65. The molecule has 2 aromatic carbocycles. The van der Waals surface area contributed by atoms with Gasteiger partial charge in [-0.1, -0.05) is 30.4 Å². The van der Waals surface area contributed by atoms with Crippen molar-refractivity contribution in [1.29, 1.82) is 0 Å². The van der Waals surface area contributed by atoms with Crippen molar-refractivity contribution < 1.29 is 23.8 Å². The first-order valence-electron chi connectivity index (χ1n) is 10.5. The molecule has 2 heterocycles. The minimum absolute atomic E-state index is 0.00902. The Morgan fingerprint density at radius 1 is 1.16 bits per heavy atom.